The van der Waals surface area contributed by atoms with Crippen molar-refractivity contribution in [3.63, 3.8) is 0 Å². The molecule has 3 heterocycles. The summed E-state index contributed by atoms with van der Waals surface area (Å²) < 4.78 is 7.86. The third-order valence-electron chi connectivity index (χ3n) is 4.24. The number of hydrogen-bond donors (Lipinski definition) is 1. The Kier molecular flexibility index (Phi) is 3.53. The van der Waals surface area contributed by atoms with Crippen molar-refractivity contribution in [3.8, 4) is 17.1 Å². The largest absolute Gasteiger partial charge is 0.478 e. The summed E-state index contributed by atoms with van der Waals surface area (Å²) in [5.41, 5.74) is 4.08. The van der Waals surface area contributed by atoms with E-state index in [4.69, 9.17) is 9.84 Å². The Hall–Kier alpha value is -1.61. The fourth-order valence-corrected chi connectivity index (χ4v) is 3.22. The highest BCUT2D eigenvalue weighted by atomic mass is 31.0. The molecule has 6 heteroatoms. The van der Waals surface area contributed by atoms with Crippen molar-refractivity contribution in [1.29, 1.82) is 0 Å². The second-order valence-electron chi connectivity index (χ2n) is 6.11. The smallest absolute Gasteiger partial charge is 0.215 e. The normalized spacial score (nSPS) is 17.5. The van der Waals surface area contributed by atoms with Crippen LogP contribution < -0.4 is 15.5 Å². The van der Waals surface area contributed by atoms with Crippen LogP contribution in [0, 0.1) is 6.92 Å². The van der Waals surface area contributed by atoms with Gasteiger partial charge < -0.3 is 10.1 Å². The quantitative estimate of drug-likeness (QED) is 0.884. The van der Waals surface area contributed by atoms with Crippen molar-refractivity contribution in [1.82, 2.24) is 14.8 Å². The Morgan fingerprint density at radius 1 is 1.32 bits per heavy atom. The van der Waals surface area contributed by atoms with Crippen LogP contribution in [0.3, 0.4) is 0 Å². The number of nitrogens with one attached hydrogen (secondary N) is 1. The zero-order valence-electron chi connectivity index (χ0n) is 12.8. The van der Waals surface area contributed by atoms with Gasteiger partial charge in [-0.3, -0.25) is 0 Å². The first kappa shape index (κ1) is 14.0. The van der Waals surface area contributed by atoms with Gasteiger partial charge in [0.25, 0.3) is 0 Å². The molecule has 0 spiro atoms. The second kappa shape index (κ2) is 5.54. The number of nitrogens with zero attached hydrogens (tertiary/aromatic N) is 3. The predicted molar refractivity (Wildman–Crippen MR) is 90.9 cm³/mol. The Morgan fingerprint density at radius 2 is 2.18 bits per heavy atom. The van der Waals surface area contributed by atoms with Crippen LogP contribution in [-0.2, 0) is 6.54 Å². The van der Waals surface area contributed by atoms with Gasteiger partial charge in [-0.2, -0.15) is 5.10 Å². The number of pyridine rings is 1. The molecule has 0 aromatic carbocycles. The number of fused-ring (bicyclic) bond motifs is 1. The van der Waals surface area contributed by atoms with Gasteiger partial charge in [0.2, 0.25) is 5.88 Å². The maximum atomic E-state index is 5.87. The zero-order chi connectivity index (χ0) is 15.1. The molecule has 1 atom stereocenters. The molecule has 1 saturated carbocycles. The fourth-order valence-electron chi connectivity index (χ4n) is 2.85. The summed E-state index contributed by atoms with van der Waals surface area (Å²) in [6.45, 7) is 3.79. The van der Waals surface area contributed by atoms with E-state index in [9.17, 15) is 0 Å². The van der Waals surface area contributed by atoms with E-state index in [1.807, 2.05) is 10.7 Å². The molecular weight excluding hydrogens is 295 g/mol. The van der Waals surface area contributed by atoms with Crippen LogP contribution in [0.25, 0.3) is 11.3 Å². The molecule has 0 bridgehead atoms. The zero-order valence-corrected chi connectivity index (χ0v) is 14.0. The van der Waals surface area contributed by atoms with Crippen molar-refractivity contribution in [2.75, 3.05) is 11.9 Å². The van der Waals surface area contributed by atoms with Gasteiger partial charge in [-0.1, -0.05) is 9.24 Å². The van der Waals surface area contributed by atoms with Gasteiger partial charge in [0.1, 0.15) is 11.5 Å². The van der Waals surface area contributed by atoms with Gasteiger partial charge in [0.05, 0.1) is 12.0 Å². The van der Waals surface area contributed by atoms with Gasteiger partial charge in [0, 0.05) is 23.7 Å². The van der Waals surface area contributed by atoms with Crippen LogP contribution in [0.5, 0.6) is 5.88 Å². The van der Waals surface area contributed by atoms with E-state index < -0.39 is 0 Å². The molecule has 0 radical (unpaired) electrons. The van der Waals surface area contributed by atoms with Crippen molar-refractivity contribution in [3.05, 3.63) is 17.7 Å². The minimum Gasteiger partial charge on any atom is -0.478 e. The number of aryl methyl sites for hydroxylation is 1. The third kappa shape index (κ3) is 2.58. The fraction of sp³-hybridized carbons (Fsp3) is 0.500. The average molecular weight is 316 g/mol. The lowest BCUT2D eigenvalue weighted by atomic mass is 10.1. The SMILES string of the molecule is Cc1c(-c2ccc(NC3CC3)nc2P)nn2c1OCCCC2. The second-order valence-corrected chi connectivity index (χ2v) is 6.65. The first-order valence-electron chi connectivity index (χ1n) is 7.96. The van der Waals surface area contributed by atoms with Crippen molar-refractivity contribution >= 4 is 20.5 Å². The van der Waals surface area contributed by atoms with Crippen LogP contribution >= 0.6 is 9.24 Å². The molecule has 4 rings (SSSR count). The molecule has 2 aromatic rings. The Morgan fingerprint density at radius 3 is 2.95 bits per heavy atom. The molecule has 5 nitrogen and oxygen atoms in total. The standard InChI is InChI=1S/C16H21N4OP/c1-10-14(19-20-8-2-3-9-21-16(10)20)12-6-7-13(18-15(12)22)17-11-4-5-11/h6-7,11H,2-5,8-9,22H2,1H3,(H,17,18). The lowest BCUT2D eigenvalue weighted by Gasteiger charge is -2.08. The number of hydrogen-bond acceptors (Lipinski definition) is 4. The summed E-state index contributed by atoms with van der Waals surface area (Å²) in [5, 5.41) is 8.19. The first-order valence-corrected chi connectivity index (χ1v) is 8.54. The van der Waals surface area contributed by atoms with Crippen LogP contribution in [0.2, 0.25) is 0 Å². The number of rotatable bonds is 3. The van der Waals surface area contributed by atoms with Gasteiger partial charge in [-0.25, -0.2) is 9.67 Å². The highest BCUT2D eigenvalue weighted by Crippen LogP contribution is 2.32. The van der Waals surface area contributed by atoms with Crippen molar-refractivity contribution in [2.24, 2.45) is 0 Å². The lowest BCUT2D eigenvalue weighted by molar-refractivity contribution is 0.301. The number of aromatic nitrogens is 3. The summed E-state index contributed by atoms with van der Waals surface area (Å²) in [6.07, 6.45) is 4.71. The van der Waals surface area contributed by atoms with Crippen molar-refractivity contribution in [2.45, 2.75) is 45.2 Å². The highest BCUT2D eigenvalue weighted by molar-refractivity contribution is 7.27. The molecule has 1 fully saturated rings. The van der Waals surface area contributed by atoms with E-state index in [1.54, 1.807) is 0 Å². The number of ether oxygens (including phenoxy) is 1. The van der Waals surface area contributed by atoms with Crippen LogP contribution in [0.15, 0.2) is 12.1 Å². The molecule has 2 aliphatic rings. The van der Waals surface area contributed by atoms with Gasteiger partial charge in [-0.05, 0) is 44.7 Å². The summed E-state index contributed by atoms with van der Waals surface area (Å²) in [6, 6.07) is 4.77. The summed E-state index contributed by atoms with van der Waals surface area (Å²) >= 11 is 0. The molecule has 0 saturated heterocycles. The minimum absolute atomic E-state index is 0.613. The molecule has 2 aromatic heterocycles. The molecular formula is C16H21N4OP. The third-order valence-corrected chi connectivity index (χ3v) is 4.68. The molecule has 1 unspecified atom stereocenters. The molecule has 116 valence electrons. The Balaban J connectivity index is 1.69. The van der Waals surface area contributed by atoms with Crippen LogP contribution in [0.4, 0.5) is 5.82 Å². The molecule has 22 heavy (non-hydrogen) atoms. The summed E-state index contributed by atoms with van der Waals surface area (Å²) in [5.74, 6) is 1.86. The minimum atomic E-state index is 0.613. The molecule has 1 N–H and O–H groups in total. The summed E-state index contributed by atoms with van der Waals surface area (Å²) in [4.78, 5) is 4.66. The van der Waals surface area contributed by atoms with Crippen LogP contribution in [0.1, 0.15) is 31.2 Å². The van der Waals surface area contributed by atoms with E-state index in [1.165, 1.54) is 12.8 Å². The number of anilines is 1. The maximum absolute atomic E-state index is 5.87. The van der Waals surface area contributed by atoms with Gasteiger partial charge in [-0.15, -0.1) is 0 Å². The van der Waals surface area contributed by atoms with Crippen molar-refractivity contribution < 1.29 is 4.74 Å². The lowest BCUT2D eigenvalue weighted by Crippen LogP contribution is -2.10. The first-order chi connectivity index (χ1) is 10.7. The van der Waals surface area contributed by atoms with Crippen LogP contribution in [-0.4, -0.2) is 27.4 Å². The van der Waals surface area contributed by atoms with E-state index in [0.717, 1.165) is 59.9 Å². The predicted octanol–water partition coefficient (Wildman–Crippen LogP) is 2.50. The Bertz CT molecular complexity index is 708. The average Bonchev–Trinajstić information content (AvgIpc) is 3.28. The van der Waals surface area contributed by atoms with E-state index >= 15 is 0 Å². The summed E-state index contributed by atoms with van der Waals surface area (Å²) in [7, 11) is 2.74. The molecule has 1 aliphatic heterocycles. The van der Waals surface area contributed by atoms with E-state index in [-0.39, 0.29) is 0 Å². The maximum Gasteiger partial charge on any atom is 0.215 e. The van der Waals surface area contributed by atoms with E-state index in [2.05, 4.69) is 32.5 Å². The molecule has 0 amide bonds. The van der Waals surface area contributed by atoms with E-state index in [0.29, 0.717) is 6.04 Å². The van der Waals surface area contributed by atoms with Gasteiger partial charge >= 0.3 is 0 Å². The highest BCUT2D eigenvalue weighted by Gasteiger charge is 2.23. The van der Waals surface area contributed by atoms with Gasteiger partial charge in [0.15, 0.2) is 0 Å². The molecule has 1 aliphatic carbocycles. The topological polar surface area (TPSA) is 52.0 Å². The monoisotopic (exact) mass is 316 g/mol. The Labute approximate surface area is 132 Å².